The molecule has 1 N–H and O–H groups in total. The van der Waals surface area contributed by atoms with Gasteiger partial charge in [0.15, 0.2) is 0 Å². The Kier molecular flexibility index (Phi) is 6.51. The van der Waals surface area contributed by atoms with E-state index in [9.17, 15) is 13.2 Å². The SMILES string of the molecule is CCOc1ccc(NS(=O)(=O)c2ccc(C(=O)N(C3CCCCC3)C3CC3)cc2)cc1. The second-order valence-electron chi connectivity index (χ2n) is 8.32. The van der Waals surface area contributed by atoms with Gasteiger partial charge in [0.25, 0.3) is 15.9 Å². The van der Waals surface area contributed by atoms with E-state index in [2.05, 4.69) is 9.62 Å². The van der Waals surface area contributed by atoms with Crippen LogP contribution in [0.2, 0.25) is 0 Å². The number of anilines is 1. The number of amides is 1. The summed E-state index contributed by atoms with van der Waals surface area (Å²) < 4.78 is 33.5. The lowest BCUT2D eigenvalue weighted by Gasteiger charge is -2.34. The maximum Gasteiger partial charge on any atom is 0.261 e. The van der Waals surface area contributed by atoms with Gasteiger partial charge in [-0.25, -0.2) is 8.42 Å². The van der Waals surface area contributed by atoms with Crippen LogP contribution in [0, 0.1) is 0 Å². The largest absolute Gasteiger partial charge is 0.494 e. The van der Waals surface area contributed by atoms with Gasteiger partial charge in [-0.1, -0.05) is 19.3 Å². The summed E-state index contributed by atoms with van der Waals surface area (Å²) in [5, 5.41) is 0. The van der Waals surface area contributed by atoms with Crippen molar-refractivity contribution in [1.82, 2.24) is 4.90 Å². The number of nitrogens with zero attached hydrogens (tertiary/aromatic N) is 1. The molecule has 6 nitrogen and oxygen atoms in total. The molecule has 0 heterocycles. The van der Waals surface area contributed by atoms with Crippen LogP contribution in [-0.2, 0) is 10.0 Å². The summed E-state index contributed by atoms with van der Waals surface area (Å²) in [6.45, 7) is 2.44. The normalized spacial score (nSPS) is 17.2. The Balaban J connectivity index is 1.46. The minimum atomic E-state index is -3.74. The van der Waals surface area contributed by atoms with E-state index < -0.39 is 10.0 Å². The molecule has 2 aromatic carbocycles. The van der Waals surface area contributed by atoms with E-state index in [0.717, 1.165) is 25.7 Å². The number of carbonyl (C=O) groups excluding carboxylic acids is 1. The van der Waals surface area contributed by atoms with E-state index >= 15 is 0 Å². The molecule has 7 heteroatoms. The van der Waals surface area contributed by atoms with Crippen molar-refractivity contribution in [3.63, 3.8) is 0 Å². The number of hydrogen-bond acceptors (Lipinski definition) is 4. The number of benzene rings is 2. The van der Waals surface area contributed by atoms with Gasteiger partial charge in [-0.05, 0) is 81.1 Å². The van der Waals surface area contributed by atoms with Crippen molar-refractivity contribution in [3.05, 3.63) is 54.1 Å². The lowest BCUT2D eigenvalue weighted by atomic mass is 9.93. The molecule has 0 bridgehead atoms. The van der Waals surface area contributed by atoms with Gasteiger partial charge in [0.1, 0.15) is 5.75 Å². The summed E-state index contributed by atoms with van der Waals surface area (Å²) in [5.41, 5.74) is 1.01. The topological polar surface area (TPSA) is 75.7 Å². The quantitative estimate of drug-likeness (QED) is 0.636. The predicted molar refractivity (Wildman–Crippen MR) is 121 cm³/mol. The average molecular weight is 443 g/mol. The number of rotatable bonds is 8. The van der Waals surface area contributed by atoms with Crippen molar-refractivity contribution in [2.24, 2.45) is 0 Å². The summed E-state index contributed by atoms with van der Waals surface area (Å²) in [4.78, 5) is 15.4. The van der Waals surface area contributed by atoms with E-state index in [1.807, 2.05) is 6.92 Å². The molecule has 2 aliphatic carbocycles. The maximum absolute atomic E-state index is 13.2. The Bertz CT molecular complexity index is 993. The van der Waals surface area contributed by atoms with Crippen molar-refractivity contribution in [3.8, 4) is 5.75 Å². The first-order valence-corrected chi connectivity index (χ1v) is 12.6. The van der Waals surface area contributed by atoms with Crippen LogP contribution in [0.25, 0.3) is 0 Å². The maximum atomic E-state index is 13.2. The lowest BCUT2D eigenvalue weighted by molar-refractivity contribution is 0.0614. The van der Waals surface area contributed by atoms with Crippen LogP contribution in [0.3, 0.4) is 0 Å². The van der Waals surface area contributed by atoms with E-state index in [1.165, 1.54) is 31.4 Å². The number of hydrogen-bond donors (Lipinski definition) is 1. The standard InChI is InChI=1S/C24H30N2O4S/c1-2-30-22-14-10-19(11-15-22)25-31(28,29)23-16-8-18(9-17-23)24(27)26(21-12-13-21)20-6-4-3-5-7-20/h8-11,14-17,20-21,25H,2-7,12-13H2,1H3. The van der Waals surface area contributed by atoms with E-state index in [-0.39, 0.29) is 10.8 Å². The molecule has 4 rings (SSSR count). The molecular weight excluding hydrogens is 412 g/mol. The first-order valence-electron chi connectivity index (χ1n) is 11.2. The van der Waals surface area contributed by atoms with E-state index in [0.29, 0.717) is 35.7 Å². The molecule has 2 aliphatic rings. The van der Waals surface area contributed by atoms with Crippen molar-refractivity contribution in [2.75, 3.05) is 11.3 Å². The summed E-state index contributed by atoms with van der Waals surface area (Å²) in [6.07, 6.45) is 7.88. The molecule has 1 amide bonds. The zero-order chi connectivity index (χ0) is 21.8. The summed E-state index contributed by atoms with van der Waals surface area (Å²) in [5.74, 6) is 0.712. The first kappa shape index (κ1) is 21.7. The molecular formula is C24H30N2O4S. The van der Waals surface area contributed by atoms with Crippen molar-refractivity contribution in [2.45, 2.75) is 68.8 Å². The molecule has 0 saturated heterocycles. The van der Waals surface area contributed by atoms with Crippen molar-refractivity contribution >= 4 is 21.6 Å². The molecule has 2 aromatic rings. The molecule has 0 radical (unpaired) electrons. The van der Waals surface area contributed by atoms with Gasteiger partial charge in [0.05, 0.1) is 11.5 Å². The van der Waals surface area contributed by atoms with Gasteiger partial charge in [-0.15, -0.1) is 0 Å². The number of carbonyl (C=O) groups is 1. The van der Waals surface area contributed by atoms with Crippen LogP contribution in [0.1, 0.15) is 62.2 Å². The van der Waals surface area contributed by atoms with Crippen LogP contribution >= 0.6 is 0 Å². The van der Waals surface area contributed by atoms with Crippen LogP contribution in [0.15, 0.2) is 53.4 Å². The van der Waals surface area contributed by atoms with Gasteiger partial charge in [0.2, 0.25) is 0 Å². The Morgan fingerprint density at radius 2 is 1.55 bits per heavy atom. The highest BCUT2D eigenvalue weighted by atomic mass is 32.2. The third-order valence-electron chi connectivity index (χ3n) is 5.97. The minimum absolute atomic E-state index is 0.0258. The highest BCUT2D eigenvalue weighted by molar-refractivity contribution is 7.92. The summed E-state index contributed by atoms with van der Waals surface area (Å²) in [7, 11) is -3.74. The van der Waals surface area contributed by atoms with Crippen molar-refractivity contribution in [1.29, 1.82) is 0 Å². The van der Waals surface area contributed by atoms with Gasteiger partial charge in [-0.2, -0.15) is 0 Å². The van der Waals surface area contributed by atoms with Gasteiger partial charge >= 0.3 is 0 Å². The molecule has 2 fully saturated rings. The highest BCUT2D eigenvalue weighted by Crippen LogP contribution is 2.35. The zero-order valence-corrected chi connectivity index (χ0v) is 18.7. The zero-order valence-electron chi connectivity index (χ0n) is 17.9. The molecule has 166 valence electrons. The molecule has 0 spiro atoms. The predicted octanol–water partition coefficient (Wildman–Crippen LogP) is 4.82. The highest BCUT2D eigenvalue weighted by Gasteiger charge is 2.38. The van der Waals surface area contributed by atoms with E-state index in [1.54, 1.807) is 36.4 Å². The molecule has 31 heavy (non-hydrogen) atoms. The third-order valence-corrected chi connectivity index (χ3v) is 7.37. The van der Waals surface area contributed by atoms with Crippen LogP contribution in [-0.4, -0.2) is 37.9 Å². The Morgan fingerprint density at radius 1 is 0.935 bits per heavy atom. The molecule has 0 aliphatic heterocycles. The average Bonchev–Trinajstić information content (AvgIpc) is 3.61. The van der Waals surface area contributed by atoms with Crippen LogP contribution in [0.5, 0.6) is 5.75 Å². The Labute approximate surface area is 184 Å². The Morgan fingerprint density at radius 3 is 2.13 bits per heavy atom. The fourth-order valence-electron chi connectivity index (χ4n) is 4.27. The van der Waals surface area contributed by atoms with Gasteiger partial charge < -0.3 is 9.64 Å². The van der Waals surface area contributed by atoms with E-state index in [4.69, 9.17) is 4.74 Å². The van der Waals surface area contributed by atoms with Gasteiger partial charge in [-0.3, -0.25) is 9.52 Å². The summed E-state index contributed by atoms with van der Waals surface area (Å²) in [6, 6.07) is 13.7. The Hall–Kier alpha value is -2.54. The number of sulfonamides is 1. The fraction of sp³-hybridized carbons (Fsp3) is 0.458. The third kappa shape index (κ3) is 5.21. The van der Waals surface area contributed by atoms with Crippen LogP contribution < -0.4 is 9.46 Å². The minimum Gasteiger partial charge on any atom is -0.494 e. The number of ether oxygens (including phenoxy) is 1. The second-order valence-corrected chi connectivity index (χ2v) is 10.0. The molecule has 0 atom stereocenters. The number of nitrogens with one attached hydrogen (secondary N) is 1. The smallest absolute Gasteiger partial charge is 0.261 e. The molecule has 0 aromatic heterocycles. The first-order chi connectivity index (χ1) is 15.0. The second kappa shape index (κ2) is 9.30. The lowest BCUT2D eigenvalue weighted by Crippen LogP contribution is -2.43. The molecule has 2 saturated carbocycles. The molecule has 0 unspecified atom stereocenters. The van der Waals surface area contributed by atoms with Crippen LogP contribution in [0.4, 0.5) is 5.69 Å². The summed E-state index contributed by atoms with van der Waals surface area (Å²) >= 11 is 0. The fourth-order valence-corrected chi connectivity index (χ4v) is 5.33. The van der Waals surface area contributed by atoms with Gasteiger partial charge in [0, 0.05) is 23.3 Å². The van der Waals surface area contributed by atoms with Crippen molar-refractivity contribution < 1.29 is 17.9 Å². The monoisotopic (exact) mass is 442 g/mol.